The van der Waals surface area contributed by atoms with E-state index in [0.29, 0.717) is 24.2 Å². The molecule has 1 aromatic rings. The summed E-state index contributed by atoms with van der Waals surface area (Å²) in [6, 6.07) is 2.09. The fourth-order valence-electron chi connectivity index (χ4n) is 1.91. The van der Waals surface area contributed by atoms with Crippen LogP contribution in [0, 0.1) is 6.92 Å². The Hall–Kier alpha value is -1.11. The molecule has 1 unspecified atom stereocenters. The van der Waals surface area contributed by atoms with E-state index in [2.05, 4.69) is 27.6 Å². The highest BCUT2D eigenvalue weighted by Gasteiger charge is 2.20. The van der Waals surface area contributed by atoms with Gasteiger partial charge in [0.25, 0.3) is 0 Å². The number of nitrogens with one attached hydrogen (secondary N) is 2. The average Bonchev–Trinajstić information content (AvgIpc) is 2.67. The maximum absolute atomic E-state index is 11.8. The molecular weight excluding hydrogens is 256 g/mol. The molecule has 0 radical (unpaired) electrons. The van der Waals surface area contributed by atoms with Gasteiger partial charge in [-0.25, -0.2) is 0 Å². The summed E-state index contributed by atoms with van der Waals surface area (Å²) >= 11 is 0. The van der Waals surface area contributed by atoms with Crippen molar-refractivity contribution in [1.82, 2.24) is 15.4 Å². The zero-order valence-electron chi connectivity index (χ0n) is 10.6. The lowest BCUT2D eigenvalue weighted by atomic mass is 10.2. The van der Waals surface area contributed by atoms with E-state index in [9.17, 15) is 4.79 Å². The Kier molecular flexibility index (Phi) is 5.58. The Bertz CT molecular complexity index is 396. The maximum atomic E-state index is 11.8. The van der Waals surface area contributed by atoms with Crippen LogP contribution in [0.4, 0.5) is 5.82 Å². The van der Waals surface area contributed by atoms with Crippen molar-refractivity contribution >= 4 is 24.1 Å². The number of amides is 1. The molecular formula is C11H19ClN4O2. The molecule has 2 rings (SSSR count). The standard InChI is InChI=1S/C11H18N4O2.ClH/c1-8-6-12-3-4-15(8)7-11(16)13-10-5-9(2)17-14-10;/h5,8,12H,3-4,6-7H2,1-2H3,(H,13,14,16);1H. The number of hydrogen-bond donors (Lipinski definition) is 2. The van der Waals surface area contributed by atoms with E-state index >= 15 is 0 Å². The van der Waals surface area contributed by atoms with Crippen molar-refractivity contribution in [3.8, 4) is 0 Å². The van der Waals surface area contributed by atoms with Crippen LogP contribution in [0.5, 0.6) is 0 Å². The van der Waals surface area contributed by atoms with Crippen LogP contribution in [0.25, 0.3) is 0 Å². The monoisotopic (exact) mass is 274 g/mol. The molecule has 0 saturated carbocycles. The lowest BCUT2D eigenvalue weighted by molar-refractivity contribution is -0.118. The summed E-state index contributed by atoms with van der Waals surface area (Å²) in [6.07, 6.45) is 0. The van der Waals surface area contributed by atoms with Gasteiger partial charge in [-0.15, -0.1) is 12.4 Å². The van der Waals surface area contributed by atoms with Crippen LogP contribution in [0.2, 0.25) is 0 Å². The van der Waals surface area contributed by atoms with Gasteiger partial charge in [-0.1, -0.05) is 5.16 Å². The van der Waals surface area contributed by atoms with Gasteiger partial charge in [-0.05, 0) is 13.8 Å². The third kappa shape index (κ3) is 3.97. The number of nitrogens with zero attached hydrogens (tertiary/aromatic N) is 2. The fraction of sp³-hybridized carbons (Fsp3) is 0.636. The second-order valence-electron chi connectivity index (χ2n) is 4.39. The Morgan fingerprint density at radius 3 is 3.11 bits per heavy atom. The molecule has 2 N–H and O–H groups in total. The molecule has 1 saturated heterocycles. The normalized spacial score (nSPS) is 20.2. The molecule has 1 aliphatic rings. The molecule has 7 heteroatoms. The third-order valence-electron chi connectivity index (χ3n) is 2.88. The molecule has 1 aliphatic heterocycles. The Labute approximate surface area is 112 Å². The summed E-state index contributed by atoms with van der Waals surface area (Å²) in [7, 11) is 0. The summed E-state index contributed by atoms with van der Waals surface area (Å²) in [6.45, 7) is 7.05. The lowest BCUT2D eigenvalue weighted by Gasteiger charge is -2.33. The van der Waals surface area contributed by atoms with Gasteiger partial charge in [-0.3, -0.25) is 9.69 Å². The number of halogens is 1. The van der Waals surface area contributed by atoms with Crippen LogP contribution >= 0.6 is 12.4 Å². The van der Waals surface area contributed by atoms with Crippen molar-refractivity contribution in [3.05, 3.63) is 11.8 Å². The molecule has 1 atom stereocenters. The number of carbonyl (C=O) groups excluding carboxylic acids is 1. The molecule has 0 aliphatic carbocycles. The Balaban J connectivity index is 0.00000162. The molecule has 0 aromatic carbocycles. The zero-order chi connectivity index (χ0) is 12.3. The highest BCUT2D eigenvalue weighted by atomic mass is 35.5. The van der Waals surface area contributed by atoms with E-state index in [1.807, 2.05) is 0 Å². The van der Waals surface area contributed by atoms with E-state index in [4.69, 9.17) is 4.52 Å². The average molecular weight is 275 g/mol. The minimum atomic E-state index is -0.0490. The Morgan fingerprint density at radius 1 is 1.72 bits per heavy atom. The van der Waals surface area contributed by atoms with Gasteiger partial charge < -0.3 is 15.2 Å². The van der Waals surface area contributed by atoms with Crippen molar-refractivity contribution in [1.29, 1.82) is 0 Å². The first-order chi connectivity index (χ1) is 8.15. The minimum Gasteiger partial charge on any atom is -0.360 e. The maximum Gasteiger partial charge on any atom is 0.239 e. The summed E-state index contributed by atoms with van der Waals surface area (Å²) in [5.41, 5.74) is 0. The van der Waals surface area contributed by atoms with Crippen LogP contribution in [0.15, 0.2) is 10.6 Å². The summed E-state index contributed by atoms with van der Waals surface area (Å²) in [5, 5.41) is 9.74. The SMILES string of the molecule is Cc1cc(NC(=O)CN2CCNCC2C)no1.Cl. The minimum absolute atomic E-state index is 0. The van der Waals surface area contributed by atoms with Gasteiger partial charge in [0, 0.05) is 31.7 Å². The molecule has 1 amide bonds. The predicted molar refractivity (Wildman–Crippen MR) is 71.0 cm³/mol. The first-order valence-corrected chi connectivity index (χ1v) is 5.83. The van der Waals surface area contributed by atoms with Gasteiger partial charge in [-0.2, -0.15) is 0 Å². The van der Waals surface area contributed by atoms with Crippen molar-refractivity contribution in [2.45, 2.75) is 19.9 Å². The molecule has 0 bridgehead atoms. The Morgan fingerprint density at radius 2 is 2.50 bits per heavy atom. The van der Waals surface area contributed by atoms with E-state index in [-0.39, 0.29) is 18.3 Å². The first-order valence-electron chi connectivity index (χ1n) is 5.83. The fourth-order valence-corrected chi connectivity index (χ4v) is 1.91. The van der Waals surface area contributed by atoms with Crippen LogP contribution in [0.3, 0.4) is 0 Å². The number of carbonyl (C=O) groups is 1. The van der Waals surface area contributed by atoms with Gasteiger partial charge in [0.1, 0.15) is 5.76 Å². The highest BCUT2D eigenvalue weighted by Crippen LogP contribution is 2.08. The predicted octanol–water partition coefficient (Wildman–Crippen LogP) is 0.637. The van der Waals surface area contributed by atoms with Crippen LogP contribution in [0.1, 0.15) is 12.7 Å². The molecule has 18 heavy (non-hydrogen) atoms. The molecule has 1 fully saturated rings. The second-order valence-corrected chi connectivity index (χ2v) is 4.39. The zero-order valence-corrected chi connectivity index (χ0v) is 11.4. The van der Waals surface area contributed by atoms with E-state index in [1.165, 1.54) is 0 Å². The number of aromatic nitrogens is 1. The van der Waals surface area contributed by atoms with Crippen molar-refractivity contribution < 1.29 is 9.32 Å². The van der Waals surface area contributed by atoms with Crippen molar-refractivity contribution in [3.63, 3.8) is 0 Å². The highest BCUT2D eigenvalue weighted by molar-refractivity contribution is 5.91. The van der Waals surface area contributed by atoms with Crippen LogP contribution in [-0.2, 0) is 4.79 Å². The number of anilines is 1. The van der Waals surface area contributed by atoms with Crippen molar-refractivity contribution in [2.75, 3.05) is 31.5 Å². The molecule has 0 spiro atoms. The largest absolute Gasteiger partial charge is 0.360 e. The van der Waals surface area contributed by atoms with Crippen molar-refractivity contribution in [2.24, 2.45) is 0 Å². The van der Waals surface area contributed by atoms with Gasteiger partial charge in [0.15, 0.2) is 5.82 Å². The second kappa shape index (κ2) is 6.72. The summed E-state index contributed by atoms with van der Waals surface area (Å²) < 4.78 is 4.89. The molecule has 1 aromatic heterocycles. The molecule has 6 nitrogen and oxygen atoms in total. The van der Waals surface area contributed by atoms with Gasteiger partial charge >= 0.3 is 0 Å². The lowest BCUT2D eigenvalue weighted by Crippen LogP contribution is -2.52. The third-order valence-corrected chi connectivity index (χ3v) is 2.88. The van der Waals surface area contributed by atoms with Crippen LogP contribution < -0.4 is 10.6 Å². The molecule has 2 heterocycles. The smallest absolute Gasteiger partial charge is 0.239 e. The topological polar surface area (TPSA) is 70.4 Å². The summed E-state index contributed by atoms with van der Waals surface area (Å²) in [4.78, 5) is 13.9. The number of rotatable bonds is 3. The quantitative estimate of drug-likeness (QED) is 0.846. The van der Waals surface area contributed by atoms with E-state index in [0.717, 1.165) is 19.6 Å². The molecule has 102 valence electrons. The van der Waals surface area contributed by atoms with Crippen LogP contribution in [-0.4, -0.2) is 48.2 Å². The number of hydrogen-bond acceptors (Lipinski definition) is 5. The van der Waals surface area contributed by atoms with E-state index in [1.54, 1.807) is 13.0 Å². The van der Waals surface area contributed by atoms with Gasteiger partial charge in [0.2, 0.25) is 5.91 Å². The number of piperazine rings is 1. The van der Waals surface area contributed by atoms with Gasteiger partial charge in [0.05, 0.1) is 6.54 Å². The first kappa shape index (κ1) is 14.9. The van der Waals surface area contributed by atoms with E-state index < -0.39 is 0 Å². The number of aryl methyl sites for hydroxylation is 1. The summed E-state index contributed by atoms with van der Waals surface area (Å²) in [5.74, 6) is 1.12.